The van der Waals surface area contributed by atoms with Crippen LogP contribution in [0.1, 0.15) is 53.3 Å². The molecular weight excluding hydrogens is 322 g/mol. The minimum absolute atomic E-state index is 0. The van der Waals surface area contributed by atoms with Crippen LogP contribution in [0.15, 0.2) is 12.3 Å². The predicted octanol–water partition coefficient (Wildman–Crippen LogP) is 3.51. The number of nitrogens with zero attached hydrogens (tertiary/aromatic N) is 1. The van der Waals surface area contributed by atoms with Gasteiger partial charge in [-0.05, 0) is 33.8 Å². The topological polar surface area (TPSA) is 77.9 Å². The van der Waals surface area contributed by atoms with Crippen LogP contribution in [0.2, 0.25) is 0 Å². The zero-order valence-electron chi connectivity index (χ0n) is 14.0. The first kappa shape index (κ1) is 19.6. The Morgan fingerprint density at radius 3 is 2.52 bits per heavy atom. The fourth-order valence-electron chi connectivity index (χ4n) is 1.64. The number of halogens is 2. The van der Waals surface area contributed by atoms with Gasteiger partial charge < -0.3 is 10.7 Å². The summed E-state index contributed by atoms with van der Waals surface area (Å²) in [4.78, 5) is 4.22. The highest BCUT2D eigenvalue weighted by molar-refractivity contribution is 7.84. The van der Waals surface area contributed by atoms with Crippen molar-refractivity contribution in [2.45, 2.75) is 51.3 Å². The Hall–Kier alpha value is -1.41. The van der Waals surface area contributed by atoms with E-state index in [4.69, 9.17) is 5.41 Å². The number of rotatable bonds is 7. The molecule has 1 rings (SSSR count). The maximum absolute atomic E-state index is 12.9. The highest BCUT2D eigenvalue weighted by atomic mass is 32.2. The van der Waals surface area contributed by atoms with E-state index < -0.39 is 28.2 Å². The molecular formula is C15H26F2N4OS. The van der Waals surface area contributed by atoms with Gasteiger partial charge in [0.1, 0.15) is 0 Å². The van der Waals surface area contributed by atoms with Gasteiger partial charge in [-0.3, -0.25) is 4.98 Å². The number of pyridine rings is 1. The quantitative estimate of drug-likeness (QED) is 0.660. The van der Waals surface area contributed by atoms with E-state index in [2.05, 4.69) is 15.0 Å². The molecule has 0 radical (unpaired) electrons. The van der Waals surface area contributed by atoms with Gasteiger partial charge in [0.15, 0.2) is 0 Å². The van der Waals surface area contributed by atoms with Crippen molar-refractivity contribution in [2.75, 3.05) is 11.9 Å². The van der Waals surface area contributed by atoms with Crippen molar-refractivity contribution >= 4 is 22.9 Å². The van der Waals surface area contributed by atoms with Gasteiger partial charge in [0.05, 0.1) is 45.9 Å². The number of aromatic nitrogens is 1. The van der Waals surface area contributed by atoms with E-state index in [1.165, 1.54) is 6.20 Å². The smallest absolute Gasteiger partial charge is 0.262 e. The summed E-state index contributed by atoms with van der Waals surface area (Å²) in [6.45, 7) is 7.68. The molecule has 0 aromatic carbocycles. The molecule has 0 saturated carbocycles. The molecule has 2 atom stereocenters. The Balaban J connectivity index is 0.00000529. The first-order valence-corrected chi connectivity index (χ1v) is 8.39. The summed E-state index contributed by atoms with van der Waals surface area (Å²) < 4.78 is 40.5. The molecule has 1 aromatic heterocycles. The van der Waals surface area contributed by atoms with Crippen molar-refractivity contribution < 1.29 is 14.4 Å². The number of hydrogen-bond donors (Lipinski definition) is 3. The van der Waals surface area contributed by atoms with E-state index in [9.17, 15) is 13.0 Å². The van der Waals surface area contributed by atoms with Crippen LogP contribution in [0, 0.1) is 5.41 Å². The second-order valence-electron chi connectivity index (χ2n) is 6.49. The van der Waals surface area contributed by atoms with E-state index in [0.29, 0.717) is 16.9 Å². The van der Waals surface area contributed by atoms with E-state index in [1.807, 2.05) is 27.7 Å². The third kappa shape index (κ3) is 6.31. The Morgan fingerprint density at radius 1 is 1.43 bits per heavy atom. The maximum Gasteiger partial charge on any atom is 0.262 e. The Bertz CT molecular complexity index is 588. The molecule has 3 N–H and O–H groups in total. The van der Waals surface area contributed by atoms with Crippen molar-refractivity contribution in [2.24, 2.45) is 0 Å². The summed E-state index contributed by atoms with van der Waals surface area (Å²) >= 11 is 0. The van der Waals surface area contributed by atoms with Gasteiger partial charge >= 0.3 is 0 Å². The Morgan fingerprint density at radius 2 is 2.04 bits per heavy atom. The second-order valence-corrected chi connectivity index (χ2v) is 8.48. The lowest BCUT2D eigenvalue weighted by molar-refractivity contribution is 0.0367. The molecule has 0 saturated heterocycles. The van der Waals surface area contributed by atoms with Crippen LogP contribution in [-0.4, -0.2) is 32.6 Å². The lowest BCUT2D eigenvalue weighted by Gasteiger charge is -2.22. The van der Waals surface area contributed by atoms with Crippen molar-refractivity contribution in [3.05, 3.63) is 23.5 Å². The molecule has 132 valence electrons. The second kappa shape index (κ2) is 7.44. The average Bonchev–Trinajstić information content (AvgIpc) is 2.42. The van der Waals surface area contributed by atoms with E-state index in [0.717, 1.165) is 13.1 Å². The highest BCUT2D eigenvalue weighted by Gasteiger charge is 2.23. The zero-order valence-corrected chi connectivity index (χ0v) is 14.9. The summed E-state index contributed by atoms with van der Waals surface area (Å²) in [6, 6.07) is 1.33. The number of anilines is 1. The van der Waals surface area contributed by atoms with Crippen LogP contribution in [0.25, 0.3) is 0 Å². The van der Waals surface area contributed by atoms with Crippen LogP contribution in [0.5, 0.6) is 0 Å². The van der Waals surface area contributed by atoms with Gasteiger partial charge in [-0.1, -0.05) is 0 Å². The van der Waals surface area contributed by atoms with Crippen molar-refractivity contribution in [1.29, 1.82) is 5.41 Å². The minimum Gasteiger partial charge on any atom is -0.377 e. The van der Waals surface area contributed by atoms with Gasteiger partial charge in [0.25, 0.3) is 5.92 Å². The summed E-state index contributed by atoms with van der Waals surface area (Å²) in [7, 11) is -1.26. The van der Waals surface area contributed by atoms with Gasteiger partial charge in [-0.15, -0.1) is 0 Å². The number of alkyl halides is 2. The molecule has 0 bridgehead atoms. The Labute approximate surface area is 139 Å². The van der Waals surface area contributed by atoms with Gasteiger partial charge in [-0.25, -0.2) is 17.7 Å². The zero-order chi connectivity index (χ0) is 17.8. The maximum atomic E-state index is 12.9. The number of hydrogen-bond acceptors (Lipinski definition) is 4. The van der Waals surface area contributed by atoms with E-state index >= 15 is 0 Å². The highest BCUT2D eigenvalue weighted by Crippen LogP contribution is 2.21. The molecule has 23 heavy (non-hydrogen) atoms. The molecule has 0 spiro atoms. The molecule has 5 nitrogen and oxygen atoms in total. The predicted molar refractivity (Wildman–Crippen MR) is 92.8 cm³/mol. The van der Waals surface area contributed by atoms with Crippen LogP contribution >= 0.6 is 0 Å². The van der Waals surface area contributed by atoms with Crippen LogP contribution in [0.4, 0.5) is 14.5 Å². The van der Waals surface area contributed by atoms with Gasteiger partial charge in [-0.2, -0.15) is 0 Å². The minimum atomic E-state index is -2.85. The molecule has 0 aliphatic carbocycles. The SMILES string of the molecule is C[C@@H](N[S@](=O)C(C)(C)C)c1cc(C=N)c(NCC(C)(F)F)cn1.[HH]. The normalized spacial score (nSPS) is 15.1. The van der Waals surface area contributed by atoms with Crippen LogP contribution in [-0.2, 0) is 11.0 Å². The fourth-order valence-corrected chi connectivity index (χ4v) is 2.44. The molecule has 0 aliphatic heterocycles. The fraction of sp³-hybridized carbons (Fsp3) is 0.600. The summed E-state index contributed by atoms with van der Waals surface area (Å²) in [5, 5.41) is 10.0. The standard InChI is InChI=1S/C15H24F2N4OS.H2/c1-10(21-23(22)14(2,3)4)12-6-11(7-18)13(8-19-12)20-9-15(5,16)17;/h6-8,10,18,20-21H,9H2,1-5H3;1H/t10-,23-;/m1./s1. The summed E-state index contributed by atoms with van der Waals surface area (Å²) in [5.41, 5.74) is 1.42. The Kier molecular flexibility index (Phi) is 6.35. The molecule has 0 fully saturated rings. The first-order chi connectivity index (χ1) is 10.4. The monoisotopic (exact) mass is 348 g/mol. The summed E-state index contributed by atoms with van der Waals surface area (Å²) in [6.07, 6.45) is 2.49. The van der Waals surface area contributed by atoms with Crippen LogP contribution < -0.4 is 10.0 Å². The molecule has 8 heteroatoms. The largest absolute Gasteiger partial charge is 0.377 e. The molecule has 0 unspecified atom stereocenters. The van der Waals surface area contributed by atoms with Crippen molar-refractivity contribution in [1.82, 2.24) is 9.71 Å². The molecule has 1 aromatic rings. The van der Waals surface area contributed by atoms with E-state index in [1.54, 1.807) is 6.07 Å². The third-order valence-corrected chi connectivity index (χ3v) is 4.67. The third-order valence-electron chi connectivity index (χ3n) is 2.99. The van der Waals surface area contributed by atoms with Crippen molar-refractivity contribution in [3.63, 3.8) is 0 Å². The van der Waals surface area contributed by atoms with Crippen LogP contribution in [0.3, 0.4) is 0 Å². The van der Waals surface area contributed by atoms with E-state index in [-0.39, 0.29) is 7.47 Å². The molecule has 0 amide bonds. The average molecular weight is 348 g/mol. The summed E-state index contributed by atoms with van der Waals surface area (Å²) in [5.74, 6) is -2.85. The van der Waals surface area contributed by atoms with Gasteiger partial charge in [0.2, 0.25) is 0 Å². The lowest BCUT2D eigenvalue weighted by Crippen LogP contribution is -2.35. The number of nitrogens with one attached hydrogen (secondary N) is 3. The van der Waals surface area contributed by atoms with Crippen molar-refractivity contribution in [3.8, 4) is 0 Å². The van der Waals surface area contributed by atoms with Gasteiger partial charge in [0, 0.05) is 20.1 Å². The molecule has 0 aliphatic rings. The lowest BCUT2D eigenvalue weighted by atomic mass is 10.1. The molecule has 1 heterocycles. The first-order valence-electron chi connectivity index (χ1n) is 7.24.